The van der Waals surface area contributed by atoms with Gasteiger partial charge in [0.15, 0.2) is 11.6 Å². The van der Waals surface area contributed by atoms with Crippen LogP contribution >= 0.6 is 0 Å². The molecule has 1 atom stereocenters. The number of aromatic nitrogens is 2. The van der Waals surface area contributed by atoms with Gasteiger partial charge in [0.05, 0.1) is 24.5 Å². The van der Waals surface area contributed by atoms with E-state index in [1.807, 2.05) is 20.0 Å². The highest BCUT2D eigenvalue weighted by molar-refractivity contribution is 5.37. The van der Waals surface area contributed by atoms with Gasteiger partial charge in [-0.3, -0.25) is 10.5 Å². The lowest BCUT2D eigenvalue weighted by Gasteiger charge is -2.18. The van der Waals surface area contributed by atoms with Gasteiger partial charge in [-0.25, -0.2) is 9.82 Å². The van der Waals surface area contributed by atoms with E-state index in [1.165, 1.54) is 7.11 Å². The van der Waals surface area contributed by atoms with Gasteiger partial charge in [-0.1, -0.05) is 19.1 Å². The zero-order valence-electron chi connectivity index (χ0n) is 11.9. The molecule has 0 aliphatic carbocycles. The maximum absolute atomic E-state index is 14.4. The highest BCUT2D eigenvalue weighted by Crippen LogP contribution is 2.29. The summed E-state index contributed by atoms with van der Waals surface area (Å²) in [5.41, 5.74) is 4.82. The molecule has 1 aromatic carbocycles. The van der Waals surface area contributed by atoms with Gasteiger partial charge in [0.1, 0.15) is 0 Å². The molecule has 2 aromatic rings. The number of ether oxygens (including phenoxy) is 1. The number of aryl methyl sites for hydroxylation is 2. The number of hydrogen-bond donors (Lipinski definition) is 2. The molecule has 0 aliphatic heterocycles. The Kier molecular flexibility index (Phi) is 4.36. The Morgan fingerprint density at radius 3 is 2.80 bits per heavy atom. The van der Waals surface area contributed by atoms with Crippen molar-refractivity contribution in [3.63, 3.8) is 0 Å². The van der Waals surface area contributed by atoms with Crippen molar-refractivity contribution < 1.29 is 9.13 Å². The van der Waals surface area contributed by atoms with Crippen LogP contribution in [0.25, 0.3) is 0 Å². The van der Waals surface area contributed by atoms with Crippen LogP contribution in [-0.2, 0) is 13.5 Å². The summed E-state index contributed by atoms with van der Waals surface area (Å²) in [5, 5.41) is 4.36. The molecule has 20 heavy (non-hydrogen) atoms. The molecule has 0 spiro atoms. The van der Waals surface area contributed by atoms with Crippen molar-refractivity contribution in [2.24, 2.45) is 12.9 Å². The quantitative estimate of drug-likeness (QED) is 0.645. The molecule has 0 fully saturated rings. The fraction of sp³-hybridized carbons (Fsp3) is 0.357. The maximum Gasteiger partial charge on any atom is 0.170 e. The first-order valence-corrected chi connectivity index (χ1v) is 6.43. The van der Waals surface area contributed by atoms with E-state index in [4.69, 9.17) is 10.6 Å². The van der Waals surface area contributed by atoms with Crippen molar-refractivity contribution in [3.05, 3.63) is 47.0 Å². The van der Waals surface area contributed by atoms with E-state index in [2.05, 4.69) is 10.5 Å². The Bertz CT molecular complexity index is 597. The molecule has 108 valence electrons. The van der Waals surface area contributed by atoms with Crippen molar-refractivity contribution in [1.29, 1.82) is 0 Å². The molecule has 0 bridgehead atoms. The first-order chi connectivity index (χ1) is 9.62. The zero-order valence-corrected chi connectivity index (χ0v) is 11.9. The zero-order chi connectivity index (χ0) is 14.7. The predicted molar refractivity (Wildman–Crippen MR) is 74.7 cm³/mol. The minimum absolute atomic E-state index is 0.195. The number of hydrogen-bond acceptors (Lipinski definition) is 4. The molecule has 2 rings (SSSR count). The minimum Gasteiger partial charge on any atom is -0.494 e. The van der Waals surface area contributed by atoms with E-state index in [9.17, 15) is 4.39 Å². The molecule has 0 radical (unpaired) electrons. The summed E-state index contributed by atoms with van der Waals surface area (Å²) in [5.74, 6) is 5.39. The molecule has 0 saturated heterocycles. The largest absolute Gasteiger partial charge is 0.494 e. The Labute approximate surface area is 117 Å². The topological polar surface area (TPSA) is 65.1 Å². The number of rotatable bonds is 5. The third-order valence-electron chi connectivity index (χ3n) is 3.32. The summed E-state index contributed by atoms with van der Waals surface area (Å²) >= 11 is 0. The van der Waals surface area contributed by atoms with Crippen molar-refractivity contribution >= 4 is 0 Å². The van der Waals surface area contributed by atoms with Gasteiger partial charge in [-0.15, -0.1) is 0 Å². The van der Waals surface area contributed by atoms with Crippen LogP contribution in [0.5, 0.6) is 5.75 Å². The van der Waals surface area contributed by atoms with E-state index >= 15 is 0 Å². The number of hydrazine groups is 1. The average molecular weight is 278 g/mol. The lowest BCUT2D eigenvalue weighted by atomic mass is 10.0. The Morgan fingerprint density at radius 2 is 2.25 bits per heavy atom. The van der Waals surface area contributed by atoms with E-state index in [0.717, 1.165) is 17.8 Å². The molecule has 0 aliphatic rings. The number of nitrogens with one attached hydrogen (secondary N) is 1. The van der Waals surface area contributed by atoms with Crippen LogP contribution in [0.1, 0.15) is 29.9 Å². The number of nitrogens with zero attached hydrogens (tertiary/aromatic N) is 2. The maximum atomic E-state index is 14.4. The highest BCUT2D eigenvalue weighted by atomic mass is 19.1. The third kappa shape index (κ3) is 2.52. The van der Waals surface area contributed by atoms with Crippen LogP contribution in [0.3, 0.4) is 0 Å². The van der Waals surface area contributed by atoms with Crippen LogP contribution in [0.4, 0.5) is 4.39 Å². The van der Waals surface area contributed by atoms with E-state index < -0.39 is 11.9 Å². The number of nitrogens with two attached hydrogens (primary N) is 1. The van der Waals surface area contributed by atoms with Crippen molar-refractivity contribution in [3.8, 4) is 5.75 Å². The molecule has 0 amide bonds. The summed E-state index contributed by atoms with van der Waals surface area (Å²) in [4.78, 5) is 0. The molecule has 3 N–H and O–H groups in total. The second-order valence-electron chi connectivity index (χ2n) is 4.50. The Hall–Kier alpha value is -1.92. The fourth-order valence-corrected chi connectivity index (χ4v) is 2.23. The van der Waals surface area contributed by atoms with Crippen molar-refractivity contribution in [1.82, 2.24) is 15.2 Å². The number of methoxy groups -OCH3 is 1. The molecular weight excluding hydrogens is 259 g/mol. The molecular formula is C14H19FN4O. The summed E-state index contributed by atoms with van der Waals surface area (Å²) in [6.07, 6.45) is 0.811. The Balaban J connectivity index is 2.49. The monoisotopic (exact) mass is 278 g/mol. The summed E-state index contributed by atoms with van der Waals surface area (Å²) in [7, 11) is 3.25. The summed E-state index contributed by atoms with van der Waals surface area (Å²) in [6.45, 7) is 2.02. The van der Waals surface area contributed by atoms with Crippen LogP contribution in [0.15, 0.2) is 24.3 Å². The van der Waals surface area contributed by atoms with Gasteiger partial charge >= 0.3 is 0 Å². The second-order valence-corrected chi connectivity index (χ2v) is 4.50. The van der Waals surface area contributed by atoms with Crippen molar-refractivity contribution in [2.75, 3.05) is 7.11 Å². The fourth-order valence-electron chi connectivity index (χ4n) is 2.23. The van der Waals surface area contributed by atoms with Crippen LogP contribution < -0.4 is 16.0 Å². The highest BCUT2D eigenvalue weighted by Gasteiger charge is 2.22. The standard InChI is InChI=1S/C14H19FN4O/c1-4-9-8-11(19(2)18-9)14(17-16)10-6-5-7-12(20-3)13(10)15/h5-8,14,17H,4,16H2,1-3H3. The van der Waals surface area contributed by atoms with Gasteiger partial charge in [0.2, 0.25) is 0 Å². The predicted octanol–water partition coefficient (Wildman–Crippen LogP) is 1.68. The summed E-state index contributed by atoms with van der Waals surface area (Å²) < 4.78 is 21.1. The minimum atomic E-state index is -0.483. The van der Waals surface area contributed by atoms with Gasteiger partial charge < -0.3 is 4.74 Å². The van der Waals surface area contributed by atoms with Gasteiger partial charge in [-0.2, -0.15) is 5.10 Å². The number of benzene rings is 1. The Morgan fingerprint density at radius 1 is 1.50 bits per heavy atom. The first kappa shape index (κ1) is 14.5. The van der Waals surface area contributed by atoms with Gasteiger partial charge in [0.25, 0.3) is 0 Å². The molecule has 0 saturated carbocycles. The lowest BCUT2D eigenvalue weighted by Crippen LogP contribution is -2.31. The van der Waals surface area contributed by atoms with Crippen molar-refractivity contribution in [2.45, 2.75) is 19.4 Å². The van der Waals surface area contributed by atoms with E-state index in [-0.39, 0.29) is 5.75 Å². The third-order valence-corrected chi connectivity index (χ3v) is 3.32. The van der Waals surface area contributed by atoms with E-state index in [1.54, 1.807) is 22.9 Å². The van der Waals surface area contributed by atoms with Gasteiger partial charge in [0, 0.05) is 12.6 Å². The second kappa shape index (κ2) is 6.02. The SMILES string of the molecule is CCc1cc(C(NN)c2cccc(OC)c2F)n(C)n1. The first-order valence-electron chi connectivity index (χ1n) is 6.43. The molecule has 5 nitrogen and oxygen atoms in total. The normalized spacial score (nSPS) is 12.4. The van der Waals surface area contributed by atoms with Gasteiger partial charge in [-0.05, 0) is 18.6 Å². The van der Waals surface area contributed by atoms with E-state index in [0.29, 0.717) is 5.56 Å². The smallest absolute Gasteiger partial charge is 0.170 e. The lowest BCUT2D eigenvalue weighted by molar-refractivity contribution is 0.381. The molecule has 1 unspecified atom stereocenters. The summed E-state index contributed by atoms with van der Waals surface area (Å²) in [6, 6.07) is 6.43. The van der Waals surface area contributed by atoms with Crippen LogP contribution in [0.2, 0.25) is 0 Å². The molecule has 1 aromatic heterocycles. The number of halogens is 1. The molecule has 1 heterocycles. The van der Waals surface area contributed by atoms with Crippen LogP contribution in [0, 0.1) is 5.82 Å². The van der Waals surface area contributed by atoms with Crippen LogP contribution in [-0.4, -0.2) is 16.9 Å². The molecule has 6 heteroatoms. The average Bonchev–Trinajstić information content (AvgIpc) is 2.83.